The fraction of sp³-hybridized carbons (Fsp3) is 0.400. The molecular weight excluding hydrogens is 422 g/mol. The summed E-state index contributed by atoms with van der Waals surface area (Å²) in [5, 5.41) is 16.0. The number of imide groups is 1. The van der Waals surface area contributed by atoms with Gasteiger partial charge in [0.05, 0.1) is 25.0 Å². The van der Waals surface area contributed by atoms with Crippen molar-refractivity contribution in [2.24, 2.45) is 11.8 Å². The number of benzene rings is 2. The van der Waals surface area contributed by atoms with E-state index < -0.39 is 23.4 Å². The summed E-state index contributed by atoms with van der Waals surface area (Å²) in [6.45, 7) is 2.43. The number of phenols is 1. The standard InChI is InChI=1S/C25H27N3O5/c1-3-14-6-9-18-17(12-14)25(24(32)26-18)21-20(22(30)28(23(21)31)10-11-33-2)19(27-25)13-15-4-7-16(29)8-5-15/h4-9,12,19-21,27,29H,3,10-11,13H2,1-2H3,(H,26,32). The van der Waals surface area contributed by atoms with Crippen LogP contribution < -0.4 is 10.6 Å². The Morgan fingerprint density at radius 2 is 1.79 bits per heavy atom. The maximum Gasteiger partial charge on any atom is 0.250 e. The molecule has 0 aromatic heterocycles. The van der Waals surface area contributed by atoms with Crippen LogP contribution >= 0.6 is 0 Å². The van der Waals surface area contributed by atoms with Crippen molar-refractivity contribution in [2.75, 3.05) is 25.6 Å². The fourth-order valence-electron chi connectivity index (χ4n) is 5.59. The molecule has 3 amide bonds. The first-order valence-corrected chi connectivity index (χ1v) is 11.2. The number of aromatic hydroxyl groups is 1. The number of phenolic OH excluding ortho intramolecular Hbond substituents is 1. The van der Waals surface area contributed by atoms with Crippen molar-refractivity contribution >= 4 is 23.4 Å². The zero-order chi connectivity index (χ0) is 23.3. The van der Waals surface area contributed by atoms with E-state index in [-0.39, 0.29) is 36.6 Å². The lowest BCUT2D eigenvalue weighted by molar-refractivity contribution is -0.143. The molecule has 33 heavy (non-hydrogen) atoms. The molecule has 8 nitrogen and oxygen atoms in total. The second-order valence-corrected chi connectivity index (χ2v) is 8.94. The highest BCUT2D eigenvalue weighted by Crippen LogP contribution is 2.53. The molecule has 8 heteroatoms. The van der Waals surface area contributed by atoms with Gasteiger partial charge in [-0.05, 0) is 42.2 Å². The van der Waals surface area contributed by atoms with Gasteiger partial charge in [-0.3, -0.25) is 24.6 Å². The number of hydrogen-bond donors (Lipinski definition) is 3. The molecule has 2 fully saturated rings. The van der Waals surface area contributed by atoms with Gasteiger partial charge in [0.1, 0.15) is 11.3 Å². The molecule has 3 aliphatic rings. The van der Waals surface area contributed by atoms with Gasteiger partial charge in [-0.15, -0.1) is 0 Å². The number of fused-ring (bicyclic) bond motifs is 4. The molecule has 0 bridgehead atoms. The Balaban J connectivity index is 1.61. The summed E-state index contributed by atoms with van der Waals surface area (Å²) in [5.74, 6) is -2.27. The molecule has 3 N–H and O–H groups in total. The lowest BCUT2D eigenvalue weighted by Gasteiger charge is -2.29. The largest absolute Gasteiger partial charge is 0.508 e. The zero-order valence-corrected chi connectivity index (χ0v) is 18.6. The molecule has 1 spiro atoms. The third-order valence-electron chi connectivity index (χ3n) is 7.19. The van der Waals surface area contributed by atoms with Crippen molar-refractivity contribution in [3.63, 3.8) is 0 Å². The van der Waals surface area contributed by atoms with Gasteiger partial charge in [0.2, 0.25) is 17.7 Å². The van der Waals surface area contributed by atoms with Crippen LogP contribution in [0.1, 0.15) is 23.6 Å². The Bertz CT molecular complexity index is 1130. The molecule has 2 saturated heterocycles. The topological polar surface area (TPSA) is 108 Å². The summed E-state index contributed by atoms with van der Waals surface area (Å²) >= 11 is 0. The predicted molar refractivity (Wildman–Crippen MR) is 120 cm³/mol. The van der Waals surface area contributed by atoms with E-state index in [1.54, 1.807) is 24.3 Å². The van der Waals surface area contributed by atoms with Gasteiger partial charge >= 0.3 is 0 Å². The minimum atomic E-state index is -1.30. The predicted octanol–water partition coefficient (Wildman–Crippen LogP) is 1.56. The van der Waals surface area contributed by atoms with Gasteiger partial charge in [-0.2, -0.15) is 0 Å². The number of methoxy groups -OCH3 is 1. The number of anilines is 1. The first kappa shape index (κ1) is 21.6. The second-order valence-electron chi connectivity index (χ2n) is 8.94. The van der Waals surface area contributed by atoms with Crippen LogP contribution in [0.2, 0.25) is 0 Å². The Kier molecular flexibility index (Phi) is 5.22. The molecule has 2 aromatic rings. The number of ether oxygens (including phenoxy) is 1. The molecule has 4 unspecified atom stereocenters. The van der Waals surface area contributed by atoms with Crippen LogP contribution in [0, 0.1) is 11.8 Å². The summed E-state index contributed by atoms with van der Waals surface area (Å²) in [7, 11) is 1.52. The van der Waals surface area contributed by atoms with Crippen LogP contribution in [0.4, 0.5) is 5.69 Å². The summed E-state index contributed by atoms with van der Waals surface area (Å²) in [6.07, 6.45) is 1.23. The fourth-order valence-corrected chi connectivity index (χ4v) is 5.59. The van der Waals surface area contributed by atoms with E-state index in [0.717, 1.165) is 23.1 Å². The van der Waals surface area contributed by atoms with Crippen LogP contribution in [-0.4, -0.2) is 54.0 Å². The van der Waals surface area contributed by atoms with Crippen LogP contribution in [0.25, 0.3) is 0 Å². The maximum atomic E-state index is 13.6. The van der Waals surface area contributed by atoms with Crippen molar-refractivity contribution in [2.45, 2.75) is 31.3 Å². The minimum Gasteiger partial charge on any atom is -0.508 e. The van der Waals surface area contributed by atoms with Crippen molar-refractivity contribution < 1.29 is 24.2 Å². The number of carbonyl (C=O) groups is 3. The van der Waals surface area contributed by atoms with Crippen molar-refractivity contribution in [1.82, 2.24) is 10.2 Å². The lowest BCUT2D eigenvalue weighted by Crippen LogP contribution is -2.53. The summed E-state index contributed by atoms with van der Waals surface area (Å²) < 4.78 is 5.12. The number of amides is 3. The molecule has 5 rings (SSSR count). The number of carbonyl (C=O) groups excluding carboxylic acids is 3. The van der Waals surface area contributed by atoms with Crippen LogP contribution in [0.5, 0.6) is 5.75 Å². The molecule has 2 aromatic carbocycles. The maximum absolute atomic E-state index is 13.6. The minimum absolute atomic E-state index is 0.154. The first-order valence-electron chi connectivity index (χ1n) is 11.2. The smallest absolute Gasteiger partial charge is 0.250 e. The van der Waals surface area contributed by atoms with Crippen molar-refractivity contribution in [3.05, 3.63) is 59.2 Å². The SMILES string of the molecule is CCc1ccc2c(c1)C1(NC(Cc3ccc(O)cc3)C3C(=O)N(CCOC)C(=O)C31)C(=O)N2. The molecule has 0 radical (unpaired) electrons. The van der Waals surface area contributed by atoms with Gasteiger partial charge < -0.3 is 15.2 Å². The van der Waals surface area contributed by atoms with E-state index in [0.29, 0.717) is 12.1 Å². The molecule has 4 atom stereocenters. The molecule has 172 valence electrons. The number of likely N-dealkylation sites (tertiary alicyclic amines) is 1. The van der Waals surface area contributed by atoms with E-state index >= 15 is 0 Å². The average molecular weight is 450 g/mol. The highest BCUT2D eigenvalue weighted by molar-refractivity contribution is 6.15. The number of nitrogens with one attached hydrogen (secondary N) is 2. The zero-order valence-electron chi connectivity index (χ0n) is 18.6. The third kappa shape index (κ3) is 3.16. The van der Waals surface area contributed by atoms with Gasteiger partial charge in [0.15, 0.2) is 0 Å². The number of hydrogen-bond acceptors (Lipinski definition) is 6. The lowest BCUT2D eigenvalue weighted by atomic mass is 9.76. The quantitative estimate of drug-likeness (QED) is 0.578. The van der Waals surface area contributed by atoms with E-state index in [4.69, 9.17) is 4.74 Å². The number of rotatable bonds is 6. The Labute approximate surface area is 191 Å². The van der Waals surface area contributed by atoms with Crippen molar-refractivity contribution in [1.29, 1.82) is 0 Å². The number of aryl methyl sites for hydroxylation is 1. The number of nitrogens with zero attached hydrogens (tertiary/aromatic N) is 1. The van der Waals surface area contributed by atoms with Gasteiger partial charge in [-0.1, -0.05) is 31.2 Å². The van der Waals surface area contributed by atoms with Gasteiger partial charge in [-0.25, -0.2) is 0 Å². The monoisotopic (exact) mass is 449 g/mol. The molecule has 0 aliphatic carbocycles. The third-order valence-corrected chi connectivity index (χ3v) is 7.19. The van der Waals surface area contributed by atoms with Gasteiger partial charge in [0.25, 0.3) is 0 Å². The Morgan fingerprint density at radius 3 is 2.48 bits per heavy atom. The van der Waals surface area contributed by atoms with Crippen LogP contribution in [-0.2, 0) is 37.5 Å². The van der Waals surface area contributed by atoms with Crippen molar-refractivity contribution in [3.8, 4) is 5.75 Å². The van der Waals surface area contributed by atoms with E-state index in [1.165, 1.54) is 12.0 Å². The van der Waals surface area contributed by atoms with Crippen LogP contribution in [0.15, 0.2) is 42.5 Å². The molecular formula is C25H27N3O5. The highest BCUT2D eigenvalue weighted by atomic mass is 16.5. The molecule has 3 heterocycles. The van der Waals surface area contributed by atoms with E-state index in [1.807, 2.05) is 25.1 Å². The highest BCUT2D eigenvalue weighted by Gasteiger charge is 2.70. The Hall–Kier alpha value is -3.23. The molecule has 3 aliphatic heterocycles. The Morgan fingerprint density at radius 1 is 1.06 bits per heavy atom. The molecule has 0 saturated carbocycles. The average Bonchev–Trinajstić information content (AvgIpc) is 3.38. The normalized spacial score (nSPS) is 27.9. The summed E-state index contributed by atoms with van der Waals surface area (Å²) in [6, 6.07) is 12.1. The summed E-state index contributed by atoms with van der Waals surface area (Å²) in [5.41, 5.74) is 2.05. The van der Waals surface area contributed by atoms with Crippen LogP contribution in [0.3, 0.4) is 0 Å². The summed E-state index contributed by atoms with van der Waals surface area (Å²) in [4.78, 5) is 41.8. The second kappa shape index (κ2) is 7.97. The first-order chi connectivity index (χ1) is 15.9. The van der Waals surface area contributed by atoms with E-state index in [9.17, 15) is 19.5 Å². The van der Waals surface area contributed by atoms with E-state index in [2.05, 4.69) is 10.6 Å². The van der Waals surface area contributed by atoms with Gasteiger partial charge in [0, 0.05) is 24.4 Å².